The van der Waals surface area contributed by atoms with E-state index in [9.17, 15) is 4.79 Å². The number of aromatic nitrogens is 2. The second-order valence-electron chi connectivity index (χ2n) is 8.39. The van der Waals surface area contributed by atoms with Gasteiger partial charge >= 0.3 is 0 Å². The molecule has 0 radical (unpaired) electrons. The quantitative estimate of drug-likeness (QED) is 0.308. The van der Waals surface area contributed by atoms with Crippen LogP contribution in [-0.4, -0.2) is 41.6 Å². The number of nitrogens with one attached hydrogen (secondary N) is 1. The Morgan fingerprint density at radius 1 is 1.37 bits per heavy atom. The highest BCUT2D eigenvalue weighted by Crippen LogP contribution is 2.46. The minimum atomic E-state index is -1.09. The summed E-state index contributed by atoms with van der Waals surface area (Å²) in [6, 6.07) is 1.76. The highest BCUT2D eigenvalue weighted by molar-refractivity contribution is 7.07. The van der Waals surface area contributed by atoms with Crippen LogP contribution in [-0.2, 0) is 0 Å². The molecular weight excluding hydrogens is 474 g/mol. The molecule has 1 saturated heterocycles. The maximum Gasteiger partial charge on any atom is 0.275 e. The van der Waals surface area contributed by atoms with Gasteiger partial charge in [-0.1, -0.05) is 13.3 Å². The molecule has 0 aliphatic carbocycles. The molecule has 1 aliphatic rings. The zero-order valence-electron chi connectivity index (χ0n) is 19.4. The first-order valence-electron chi connectivity index (χ1n) is 11.5. The average Bonchev–Trinajstić information content (AvgIpc) is 3.40. The number of nitrogens with two attached hydrogens (primary N) is 2. The van der Waals surface area contributed by atoms with Crippen LogP contribution >= 0.6 is 11.3 Å². The lowest BCUT2D eigenvalue weighted by molar-refractivity contribution is 0.102. The van der Waals surface area contributed by atoms with E-state index >= 15 is 8.78 Å². The SMILES string of the molecule is CCCCOc1c(F)c(NC(=O)c2cscn2)c(F)c(N)c1-c1cnccc1N1CCC[C@H](N)C1. The molecule has 5 N–H and O–H groups in total. The number of rotatable bonds is 8. The van der Waals surface area contributed by atoms with E-state index in [0.29, 0.717) is 24.2 Å². The molecule has 186 valence electrons. The summed E-state index contributed by atoms with van der Waals surface area (Å²) in [6.07, 6.45) is 6.38. The van der Waals surface area contributed by atoms with Gasteiger partial charge in [0.2, 0.25) is 0 Å². The second kappa shape index (κ2) is 11.0. The molecule has 1 amide bonds. The molecule has 4 rings (SSSR count). The first-order valence-corrected chi connectivity index (χ1v) is 12.4. The molecule has 1 fully saturated rings. The number of halogens is 2. The number of nitrogens with zero attached hydrogens (tertiary/aromatic N) is 3. The number of unbranched alkanes of at least 4 members (excludes halogenated alkanes) is 1. The topological polar surface area (TPSA) is 119 Å². The van der Waals surface area contributed by atoms with Gasteiger partial charge < -0.3 is 26.4 Å². The Bertz CT molecular complexity index is 1190. The van der Waals surface area contributed by atoms with Gasteiger partial charge in [-0.25, -0.2) is 13.8 Å². The Morgan fingerprint density at radius 3 is 2.91 bits per heavy atom. The third-order valence-corrected chi connectivity index (χ3v) is 6.47. The number of amides is 1. The first kappa shape index (κ1) is 24.8. The smallest absolute Gasteiger partial charge is 0.275 e. The van der Waals surface area contributed by atoms with Crippen molar-refractivity contribution in [2.24, 2.45) is 5.73 Å². The number of thiazole rings is 1. The number of hydrogen-bond acceptors (Lipinski definition) is 8. The summed E-state index contributed by atoms with van der Waals surface area (Å²) in [5.41, 5.74) is 14.1. The minimum absolute atomic E-state index is 0.0147. The largest absolute Gasteiger partial charge is 0.490 e. The molecule has 3 heterocycles. The number of carbonyl (C=O) groups is 1. The molecule has 2 aromatic heterocycles. The maximum atomic E-state index is 15.8. The standard InChI is InChI=1S/C24H28F2N6O2S/c1-2-3-9-34-23-18(15-10-29-7-6-17(15)32-8-4-5-14(27)11-32)21(28)19(25)22(20(23)26)31-24(33)16-12-35-13-30-16/h6-7,10,12-14H,2-5,8-9,11,27-28H2,1H3,(H,31,33)/t14-/m0/s1. The minimum Gasteiger partial charge on any atom is -0.490 e. The lowest BCUT2D eigenvalue weighted by Crippen LogP contribution is -2.43. The molecule has 1 aromatic carbocycles. The number of nitrogen functional groups attached to an aromatic ring is 1. The maximum absolute atomic E-state index is 15.8. The van der Waals surface area contributed by atoms with Crippen molar-refractivity contribution in [3.05, 3.63) is 46.7 Å². The van der Waals surface area contributed by atoms with E-state index < -0.39 is 23.2 Å². The summed E-state index contributed by atoms with van der Waals surface area (Å²) in [4.78, 5) is 22.6. The Morgan fingerprint density at radius 2 is 2.20 bits per heavy atom. The fraction of sp³-hybridized carbons (Fsp3) is 0.375. The van der Waals surface area contributed by atoms with Crippen molar-refractivity contribution in [2.75, 3.05) is 35.6 Å². The molecule has 1 aliphatic heterocycles. The molecular formula is C24H28F2N6O2S. The number of hydrogen-bond donors (Lipinski definition) is 3. The number of ether oxygens (including phenoxy) is 1. The average molecular weight is 503 g/mol. The molecule has 0 unspecified atom stereocenters. The van der Waals surface area contributed by atoms with E-state index in [1.54, 1.807) is 12.3 Å². The molecule has 8 nitrogen and oxygen atoms in total. The van der Waals surface area contributed by atoms with Crippen molar-refractivity contribution in [1.29, 1.82) is 0 Å². The van der Waals surface area contributed by atoms with Gasteiger partial charge in [0.05, 0.1) is 23.4 Å². The van der Waals surface area contributed by atoms with Gasteiger partial charge in [-0.15, -0.1) is 11.3 Å². The summed E-state index contributed by atoms with van der Waals surface area (Å²) < 4.78 is 37.1. The number of piperidine rings is 1. The third-order valence-electron chi connectivity index (χ3n) is 5.88. The summed E-state index contributed by atoms with van der Waals surface area (Å²) >= 11 is 1.19. The number of carbonyl (C=O) groups excluding carboxylic acids is 1. The van der Waals surface area contributed by atoms with Crippen molar-refractivity contribution in [1.82, 2.24) is 9.97 Å². The van der Waals surface area contributed by atoms with Crippen molar-refractivity contribution >= 4 is 34.3 Å². The van der Waals surface area contributed by atoms with Crippen molar-refractivity contribution < 1.29 is 18.3 Å². The fourth-order valence-corrected chi connectivity index (χ4v) is 4.64. The van der Waals surface area contributed by atoms with Crippen molar-refractivity contribution in [3.63, 3.8) is 0 Å². The van der Waals surface area contributed by atoms with Crippen molar-refractivity contribution in [2.45, 2.75) is 38.6 Å². The van der Waals surface area contributed by atoms with Crippen molar-refractivity contribution in [3.8, 4) is 16.9 Å². The molecule has 0 saturated carbocycles. The predicted molar refractivity (Wildman–Crippen MR) is 134 cm³/mol. The van der Waals surface area contributed by atoms with Gasteiger partial charge in [0.25, 0.3) is 5.91 Å². The van der Waals surface area contributed by atoms with Gasteiger partial charge in [0, 0.05) is 48.2 Å². The van der Waals surface area contributed by atoms with Crippen LogP contribution in [0.25, 0.3) is 11.1 Å². The Labute approximate surface area is 206 Å². The lowest BCUT2D eigenvalue weighted by Gasteiger charge is -2.34. The van der Waals surface area contributed by atoms with Crippen LogP contribution < -0.4 is 26.4 Å². The normalized spacial score (nSPS) is 15.8. The van der Waals surface area contributed by atoms with Crippen LogP contribution in [0, 0.1) is 11.6 Å². The van der Waals surface area contributed by atoms with E-state index in [-0.39, 0.29) is 35.3 Å². The number of benzene rings is 1. The van der Waals surface area contributed by atoms with Crippen LogP contribution in [0.4, 0.5) is 25.8 Å². The number of anilines is 3. The summed E-state index contributed by atoms with van der Waals surface area (Å²) in [5.74, 6) is -3.12. The van der Waals surface area contributed by atoms with Crippen LogP contribution in [0.3, 0.4) is 0 Å². The molecule has 3 aromatic rings. The lowest BCUT2D eigenvalue weighted by atomic mass is 9.98. The van der Waals surface area contributed by atoms with E-state index in [0.717, 1.165) is 25.8 Å². The van der Waals surface area contributed by atoms with Gasteiger partial charge in [-0.3, -0.25) is 9.78 Å². The van der Waals surface area contributed by atoms with Crippen LogP contribution in [0.1, 0.15) is 43.1 Å². The van der Waals surface area contributed by atoms with Crippen LogP contribution in [0.5, 0.6) is 5.75 Å². The van der Waals surface area contributed by atoms with E-state index in [1.807, 2.05) is 6.92 Å². The van der Waals surface area contributed by atoms with Gasteiger partial charge in [0.15, 0.2) is 17.4 Å². The molecule has 0 spiro atoms. The summed E-state index contributed by atoms with van der Waals surface area (Å²) in [5, 5.41) is 3.75. The summed E-state index contributed by atoms with van der Waals surface area (Å²) in [6.45, 7) is 3.49. The first-order chi connectivity index (χ1) is 16.9. The molecule has 35 heavy (non-hydrogen) atoms. The Kier molecular flexibility index (Phi) is 7.76. The Balaban J connectivity index is 1.84. The van der Waals surface area contributed by atoms with E-state index in [1.165, 1.54) is 28.4 Å². The van der Waals surface area contributed by atoms with Gasteiger partial charge in [0.1, 0.15) is 11.4 Å². The molecule has 1 atom stereocenters. The molecule has 11 heteroatoms. The fourth-order valence-electron chi connectivity index (χ4n) is 4.10. The highest BCUT2D eigenvalue weighted by atomic mass is 32.1. The third kappa shape index (κ3) is 5.20. The Hall–Kier alpha value is -3.31. The van der Waals surface area contributed by atoms with Crippen LogP contribution in [0.15, 0.2) is 29.4 Å². The predicted octanol–water partition coefficient (Wildman–Crippen LogP) is 4.42. The molecule has 0 bridgehead atoms. The zero-order valence-corrected chi connectivity index (χ0v) is 20.2. The monoisotopic (exact) mass is 502 g/mol. The summed E-state index contributed by atoms with van der Waals surface area (Å²) in [7, 11) is 0. The second-order valence-corrected chi connectivity index (χ2v) is 9.11. The highest BCUT2D eigenvalue weighted by Gasteiger charge is 2.30. The van der Waals surface area contributed by atoms with Gasteiger partial charge in [-0.2, -0.15) is 0 Å². The zero-order chi connectivity index (χ0) is 24.9. The van der Waals surface area contributed by atoms with E-state index in [2.05, 4.69) is 20.2 Å². The van der Waals surface area contributed by atoms with Gasteiger partial charge in [-0.05, 0) is 25.3 Å². The van der Waals surface area contributed by atoms with E-state index in [4.69, 9.17) is 16.2 Å². The van der Waals surface area contributed by atoms with Crippen LogP contribution in [0.2, 0.25) is 0 Å². The number of pyridine rings is 1.